The summed E-state index contributed by atoms with van der Waals surface area (Å²) in [5, 5.41) is 11.2. The van der Waals surface area contributed by atoms with Gasteiger partial charge in [0.2, 0.25) is 0 Å². The molecule has 1 heterocycles. The van der Waals surface area contributed by atoms with Crippen molar-refractivity contribution in [1.29, 1.82) is 0 Å². The number of hydrogen-bond donors (Lipinski definition) is 1. The van der Waals surface area contributed by atoms with E-state index in [0.717, 1.165) is 41.3 Å². The Morgan fingerprint density at radius 3 is 2.25 bits per heavy atom. The van der Waals surface area contributed by atoms with Crippen LogP contribution >= 0.6 is 0 Å². The fraction of sp³-hybridized carbons (Fsp3) is 0.429. The molecule has 0 saturated carbocycles. The minimum absolute atomic E-state index is 0.429. The molecular weight excluding hydrogens is 398 g/mol. The summed E-state index contributed by atoms with van der Waals surface area (Å²) in [6.07, 6.45) is 2.19. The number of nitrogens with zero attached hydrogens (tertiary/aromatic N) is 1. The van der Waals surface area contributed by atoms with Gasteiger partial charge in [-0.1, -0.05) is 38.1 Å². The summed E-state index contributed by atoms with van der Waals surface area (Å²) in [5.41, 5.74) is 7.56. The van der Waals surface area contributed by atoms with Crippen LogP contribution in [-0.4, -0.2) is 21.7 Å². The van der Waals surface area contributed by atoms with Crippen LogP contribution in [0.4, 0.5) is 0 Å². The zero-order chi connectivity index (χ0) is 23.2. The van der Waals surface area contributed by atoms with E-state index in [2.05, 4.69) is 50.2 Å². The zero-order valence-corrected chi connectivity index (χ0v) is 20.0. The van der Waals surface area contributed by atoms with Crippen molar-refractivity contribution in [3.8, 4) is 11.1 Å². The van der Waals surface area contributed by atoms with Crippen molar-refractivity contribution in [1.82, 2.24) is 4.98 Å². The van der Waals surface area contributed by atoms with Gasteiger partial charge in [0.25, 0.3) is 0 Å². The van der Waals surface area contributed by atoms with Gasteiger partial charge in [-0.25, -0.2) is 4.79 Å². The first-order valence-electron chi connectivity index (χ1n) is 11.5. The standard InChI is InChI=1S/C28H33NO3/c1-16(2)18-10-12-19(13-11-18)25-22-14-20-8-7-9-21(20)15-23(22)29-17(3)24(25)26(27(30)31)32-28(4,5)6/h10-16,26H,7-9H2,1-6H3,(H,30,31). The minimum atomic E-state index is -1.10. The molecule has 0 radical (unpaired) electrons. The van der Waals surface area contributed by atoms with Crippen molar-refractivity contribution < 1.29 is 14.6 Å². The van der Waals surface area contributed by atoms with Crippen LogP contribution < -0.4 is 0 Å². The molecular formula is C28H33NO3. The lowest BCUT2D eigenvalue weighted by Crippen LogP contribution is -2.28. The predicted molar refractivity (Wildman–Crippen MR) is 129 cm³/mol. The number of carbonyl (C=O) groups is 1. The first kappa shape index (κ1) is 22.5. The van der Waals surface area contributed by atoms with Crippen LogP contribution in [0.25, 0.3) is 22.0 Å². The van der Waals surface area contributed by atoms with E-state index in [9.17, 15) is 9.90 Å². The third kappa shape index (κ3) is 4.29. The number of fused-ring (bicyclic) bond motifs is 2. The van der Waals surface area contributed by atoms with Crippen LogP contribution in [0.3, 0.4) is 0 Å². The monoisotopic (exact) mass is 431 g/mol. The number of benzene rings is 2. The molecule has 2 aromatic carbocycles. The number of pyridine rings is 1. The maximum Gasteiger partial charge on any atom is 0.337 e. The van der Waals surface area contributed by atoms with Crippen molar-refractivity contribution in [2.45, 2.75) is 78.4 Å². The molecule has 0 aliphatic heterocycles. The minimum Gasteiger partial charge on any atom is -0.479 e. The Balaban J connectivity index is 2.04. The lowest BCUT2D eigenvalue weighted by molar-refractivity contribution is -0.160. The van der Waals surface area contributed by atoms with Crippen LogP contribution in [-0.2, 0) is 22.4 Å². The summed E-state index contributed by atoms with van der Waals surface area (Å²) in [7, 11) is 0. The van der Waals surface area contributed by atoms with Gasteiger partial charge >= 0.3 is 5.97 Å². The largest absolute Gasteiger partial charge is 0.479 e. The number of aliphatic carboxylic acids is 1. The topological polar surface area (TPSA) is 59.4 Å². The molecule has 3 aromatic rings. The van der Waals surface area contributed by atoms with Crippen molar-refractivity contribution >= 4 is 16.9 Å². The Kier molecular flexibility index (Phi) is 5.85. The molecule has 1 unspecified atom stereocenters. The average molecular weight is 432 g/mol. The second kappa shape index (κ2) is 8.32. The third-order valence-electron chi connectivity index (χ3n) is 6.25. The molecule has 32 heavy (non-hydrogen) atoms. The average Bonchev–Trinajstić information content (AvgIpc) is 3.16. The number of ether oxygens (including phenoxy) is 1. The lowest BCUT2D eigenvalue weighted by Gasteiger charge is -2.28. The highest BCUT2D eigenvalue weighted by molar-refractivity contribution is 5.99. The smallest absolute Gasteiger partial charge is 0.337 e. The van der Waals surface area contributed by atoms with E-state index in [1.54, 1.807) is 0 Å². The third-order valence-corrected chi connectivity index (χ3v) is 6.25. The second-order valence-electron chi connectivity index (χ2n) is 10.2. The van der Waals surface area contributed by atoms with Gasteiger partial charge in [0.15, 0.2) is 6.10 Å². The van der Waals surface area contributed by atoms with Crippen molar-refractivity contribution in [3.05, 3.63) is 64.3 Å². The summed E-state index contributed by atoms with van der Waals surface area (Å²) < 4.78 is 6.09. The zero-order valence-electron chi connectivity index (χ0n) is 20.0. The number of aromatic nitrogens is 1. The Labute approximate surface area is 190 Å². The highest BCUT2D eigenvalue weighted by atomic mass is 16.5. The van der Waals surface area contributed by atoms with Gasteiger partial charge in [-0.15, -0.1) is 0 Å². The highest BCUT2D eigenvalue weighted by Gasteiger charge is 2.32. The Morgan fingerprint density at radius 2 is 1.69 bits per heavy atom. The first-order valence-corrected chi connectivity index (χ1v) is 11.5. The molecule has 0 bridgehead atoms. The van der Waals surface area contributed by atoms with Crippen LogP contribution in [0.2, 0.25) is 0 Å². The quantitative estimate of drug-likeness (QED) is 0.485. The van der Waals surface area contributed by atoms with Gasteiger partial charge < -0.3 is 9.84 Å². The number of carboxylic acid groups (broad SMARTS) is 1. The normalized spacial score (nSPS) is 14.7. The molecule has 0 saturated heterocycles. The van der Waals surface area contributed by atoms with E-state index < -0.39 is 17.7 Å². The Bertz CT molecular complexity index is 1170. The molecule has 4 heteroatoms. The van der Waals surface area contributed by atoms with E-state index in [1.165, 1.54) is 16.7 Å². The van der Waals surface area contributed by atoms with Crippen molar-refractivity contribution in [2.24, 2.45) is 0 Å². The fourth-order valence-electron chi connectivity index (χ4n) is 4.72. The molecule has 4 rings (SSSR count). The van der Waals surface area contributed by atoms with E-state index in [4.69, 9.17) is 9.72 Å². The summed E-state index contributed by atoms with van der Waals surface area (Å²) in [5.74, 6) is -0.566. The first-order chi connectivity index (χ1) is 15.0. The summed E-state index contributed by atoms with van der Waals surface area (Å²) in [6, 6.07) is 12.9. The van der Waals surface area contributed by atoms with Gasteiger partial charge in [0.05, 0.1) is 11.1 Å². The van der Waals surface area contributed by atoms with E-state index in [1.807, 2.05) is 27.7 Å². The molecule has 0 fully saturated rings. The Morgan fingerprint density at radius 1 is 1.06 bits per heavy atom. The number of hydrogen-bond acceptors (Lipinski definition) is 3. The maximum absolute atomic E-state index is 12.4. The van der Waals surface area contributed by atoms with E-state index in [0.29, 0.717) is 17.2 Å². The number of aryl methyl sites for hydroxylation is 3. The molecule has 1 N–H and O–H groups in total. The van der Waals surface area contributed by atoms with Gasteiger partial charge in [0.1, 0.15) is 0 Å². The molecule has 1 aromatic heterocycles. The van der Waals surface area contributed by atoms with Crippen LogP contribution in [0, 0.1) is 6.92 Å². The molecule has 1 aliphatic carbocycles. The van der Waals surface area contributed by atoms with Crippen LogP contribution in [0.15, 0.2) is 36.4 Å². The number of rotatable bonds is 5. The Hall–Kier alpha value is -2.72. The van der Waals surface area contributed by atoms with E-state index in [-0.39, 0.29) is 0 Å². The lowest BCUT2D eigenvalue weighted by atomic mass is 9.88. The summed E-state index contributed by atoms with van der Waals surface area (Å²) in [4.78, 5) is 17.3. The summed E-state index contributed by atoms with van der Waals surface area (Å²) >= 11 is 0. The van der Waals surface area contributed by atoms with E-state index >= 15 is 0 Å². The second-order valence-corrected chi connectivity index (χ2v) is 10.2. The molecule has 0 spiro atoms. The van der Waals surface area contributed by atoms with Gasteiger partial charge in [-0.05, 0) is 92.8 Å². The molecule has 4 nitrogen and oxygen atoms in total. The molecule has 168 valence electrons. The van der Waals surface area contributed by atoms with Crippen molar-refractivity contribution in [3.63, 3.8) is 0 Å². The molecule has 1 atom stereocenters. The fourth-order valence-corrected chi connectivity index (χ4v) is 4.72. The van der Waals surface area contributed by atoms with Gasteiger partial charge in [-0.3, -0.25) is 4.98 Å². The predicted octanol–water partition coefficient (Wildman–Crippen LogP) is 6.76. The SMILES string of the molecule is Cc1nc2cc3c(cc2c(-c2ccc(C(C)C)cc2)c1C(OC(C)(C)C)C(=O)O)CCC3. The maximum atomic E-state index is 12.4. The number of carboxylic acids is 1. The molecule has 1 aliphatic rings. The van der Waals surface area contributed by atoms with Crippen LogP contribution in [0.5, 0.6) is 0 Å². The highest BCUT2D eigenvalue weighted by Crippen LogP contribution is 2.41. The van der Waals surface area contributed by atoms with Gasteiger partial charge in [-0.2, -0.15) is 0 Å². The summed E-state index contributed by atoms with van der Waals surface area (Å²) in [6.45, 7) is 11.9. The van der Waals surface area contributed by atoms with Gasteiger partial charge in [0, 0.05) is 16.6 Å². The van der Waals surface area contributed by atoms with Crippen LogP contribution in [0.1, 0.15) is 81.0 Å². The van der Waals surface area contributed by atoms with Crippen molar-refractivity contribution in [2.75, 3.05) is 0 Å². The molecule has 0 amide bonds.